The molecule has 4 N–H and O–H groups in total. The topological polar surface area (TPSA) is 113 Å². The summed E-state index contributed by atoms with van der Waals surface area (Å²) in [7, 11) is 1.54. The first-order valence-corrected chi connectivity index (χ1v) is 6.38. The Morgan fingerprint density at radius 2 is 2.21 bits per heavy atom. The van der Waals surface area contributed by atoms with E-state index in [2.05, 4.69) is 5.32 Å². The van der Waals surface area contributed by atoms with Crippen LogP contribution in [0.2, 0.25) is 0 Å². The zero-order chi connectivity index (χ0) is 14.4. The van der Waals surface area contributed by atoms with E-state index in [1.54, 1.807) is 0 Å². The molecule has 0 spiro atoms. The summed E-state index contributed by atoms with van der Waals surface area (Å²) in [5.74, 6) is -2.08. The Balaban J connectivity index is 2.56. The van der Waals surface area contributed by atoms with Crippen LogP contribution in [0.4, 0.5) is 4.79 Å². The average Bonchev–Trinajstić information content (AvgIpc) is 2.79. The number of rotatable bonds is 6. The second-order valence-corrected chi connectivity index (χ2v) is 4.78. The highest BCUT2D eigenvalue weighted by molar-refractivity contribution is 7.07. The monoisotopic (exact) mass is 285 g/mol. The van der Waals surface area contributed by atoms with Crippen molar-refractivity contribution in [1.29, 1.82) is 0 Å². The lowest BCUT2D eigenvalue weighted by Gasteiger charge is -2.20. The Morgan fingerprint density at radius 1 is 1.53 bits per heavy atom. The number of thiophene rings is 1. The van der Waals surface area contributed by atoms with E-state index in [1.165, 1.54) is 23.3 Å². The summed E-state index contributed by atoms with van der Waals surface area (Å²) in [6.45, 7) is 0.359. The number of nitrogens with zero attached hydrogens (tertiary/aromatic N) is 1. The third-order valence-electron chi connectivity index (χ3n) is 2.35. The van der Waals surface area contributed by atoms with Crippen molar-refractivity contribution in [3.05, 3.63) is 22.4 Å². The standard InChI is InChI=1S/C11H15N3O4S/c1-14(5-7-2-3-19-6-7)11(18)13-8(10(16)17)4-9(12)15/h2-3,6,8H,4-5H2,1H3,(H2,12,15)(H,13,18)(H,16,17)/t8-/m1/s1. The summed E-state index contributed by atoms with van der Waals surface area (Å²) in [6, 6.07) is -0.0122. The van der Waals surface area contributed by atoms with Crippen molar-refractivity contribution in [2.75, 3.05) is 7.05 Å². The summed E-state index contributed by atoms with van der Waals surface area (Å²) in [5.41, 5.74) is 5.88. The Morgan fingerprint density at radius 3 is 2.68 bits per heavy atom. The molecule has 7 nitrogen and oxygen atoms in total. The van der Waals surface area contributed by atoms with Crippen LogP contribution >= 0.6 is 11.3 Å². The van der Waals surface area contributed by atoms with Crippen molar-refractivity contribution in [3.8, 4) is 0 Å². The highest BCUT2D eigenvalue weighted by atomic mass is 32.1. The van der Waals surface area contributed by atoms with Gasteiger partial charge in [0.15, 0.2) is 0 Å². The molecule has 104 valence electrons. The molecule has 3 amide bonds. The average molecular weight is 285 g/mol. The van der Waals surface area contributed by atoms with Gasteiger partial charge in [0.1, 0.15) is 6.04 Å². The van der Waals surface area contributed by atoms with E-state index in [-0.39, 0.29) is 0 Å². The van der Waals surface area contributed by atoms with Crippen molar-refractivity contribution >= 4 is 29.2 Å². The van der Waals surface area contributed by atoms with Gasteiger partial charge >= 0.3 is 12.0 Å². The van der Waals surface area contributed by atoms with Crippen molar-refractivity contribution in [2.45, 2.75) is 19.0 Å². The minimum Gasteiger partial charge on any atom is -0.480 e. The number of carboxylic acid groups (broad SMARTS) is 1. The van der Waals surface area contributed by atoms with Crippen molar-refractivity contribution < 1.29 is 19.5 Å². The molecule has 0 radical (unpaired) electrons. The fourth-order valence-electron chi connectivity index (χ4n) is 1.39. The van der Waals surface area contributed by atoms with E-state index in [0.29, 0.717) is 6.54 Å². The van der Waals surface area contributed by atoms with Gasteiger partial charge in [0, 0.05) is 13.6 Å². The van der Waals surface area contributed by atoms with Crippen molar-refractivity contribution in [3.63, 3.8) is 0 Å². The summed E-state index contributed by atoms with van der Waals surface area (Å²) < 4.78 is 0. The van der Waals surface area contributed by atoms with Gasteiger partial charge in [0.2, 0.25) is 5.91 Å². The molecular weight excluding hydrogens is 270 g/mol. The van der Waals surface area contributed by atoms with Crippen LogP contribution in [-0.4, -0.2) is 41.0 Å². The van der Waals surface area contributed by atoms with Crippen molar-refractivity contribution in [1.82, 2.24) is 10.2 Å². The van der Waals surface area contributed by atoms with E-state index < -0.39 is 30.4 Å². The predicted molar refractivity (Wildman–Crippen MR) is 69.6 cm³/mol. The Kier molecular flexibility index (Phi) is 5.31. The van der Waals surface area contributed by atoms with Gasteiger partial charge in [-0.05, 0) is 22.4 Å². The minimum absolute atomic E-state index is 0.359. The van der Waals surface area contributed by atoms with Crippen LogP contribution in [-0.2, 0) is 16.1 Å². The highest BCUT2D eigenvalue weighted by Crippen LogP contribution is 2.08. The van der Waals surface area contributed by atoms with Crippen LogP contribution in [0.5, 0.6) is 0 Å². The third kappa shape index (κ3) is 4.96. The van der Waals surface area contributed by atoms with Gasteiger partial charge < -0.3 is 21.1 Å². The predicted octanol–water partition coefficient (Wildman–Crippen LogP) is 0.218. The molecule has 19 heavy (non-hydrogen) atoms. The third-order valence-corrected chi connectivity index (χ3v) is 3.08. The van der Waals surface area contributed by atoms with Gasteiger partial charge in [-0.15, -0.1) is 0 Å². The lowest BCUT2D eigenvalue weighted by atomic mass is 10.2. The molecule has 0 aromatic carbocycles. The summed E-state index contributed by atoms with van der Waals surface area (Å²) >= 11 is 1.51. The van der Waals surface area contributed by atoms with E-state index in [1.807, 2.05) is 16.8 Å². The van der Waals surface area contributed by atoms with Gasteiger partial charge in [0.25, 0.3) is 0 Å². The van der Waals surface area contributed by atoms with Gasteiger partial charge in [-0.3, -0.25) is 4.79 Å². The number of carbonyl (C=O) groups is 3. The molecule has 1 heterocycles. The molecule has 0 aliphatic rings. The molecule has 8 heteroatoms. The fourth-order valence-corrected chi connectivity index (χ4v) is 2.05. The Labute approximate surface area is 114 Å². The second kappa shape index (κ2) is 6.74. The zero-order valence-corrected chi connectivity index (χ0v) is 11.1. The van der Waals surface area contributed by atoms with Gasteiger partial charge in [0.05, 0.1) is 6.42 Å². The van der Waals surface area contributed by atoms with Gasteiger partial charge in [-0.2, -0.15) is 11.3 Å². The number of nitrogens with one attached hydrogen (secondary N) is 1. The molecule has 0 saturated carbocycles. The van der Waals surface area contributed by atoms with E-state index in [4.69, 9.17) is 10.8 Å². The lowest BCUT2D eigenvalue weighted by Crippen LogP contribution is -2.47. The maximum absolute atomic E-state index is 11.8. The van der Waals surface area contributed by atoms with Crippen LogP contribution in [0.3, 0.4) is 0 Å². The Hall–Kier alpha value is -2.09. The number of urea groups is 1. The highest BCUT2D eigenvalue weighted by Gasteiger charge is 2.23. The number of nitrogens with two attached hydrogens (primary N) is 1. The number of primary amides is 1. The lowest BCUT2D eigenvalue weighted by molar-refractivity contribution is -0.140. The number of aliphatic carboxylic acids is 1. The second-order valence-electron chi connectivity index (χ2n) is 4.00. The summed E-state index contributed by atoms with van der Waals surface area (Å²) in [5, 5.41) is 14.9. The van der Waals surface area contributed by atoms with Crippen molar-refractivity contribution in [2.24, 2.45) is 5.73 Å². The maximum atomic E-state index is 11.8. The van der Waals surface area contributed by atoms with Crippen LogP contribution in [0.1, 0.15) is 12.0 Å². The molecule has 0 aliphatic heterocycles. The van der Waals surface area contributed by atoms with Crippen LogP contribution < -0.4 is 11.1 Å². The van der Waals surface area contributed by atoms with Crippen LogP contribution in [0.25, 0.3) is 0 Å². The number of hydrogen-bond acceptors (Lipinski definition) is 4. The molecule has 1 aromatic rings. The van der Waals surface area contributed by atoms with E-state index >= 15 is 0 Å². The molecule has 1 atom stereocenters. The summed E-state index contributed by atoms with van der Waals surface area (Å²) in [6.07, 6.45) is -0.437. The number of carbonyl (C=O) groups excluding carboxylic acids is 2. The zero-order valence-electron chi connectivity index (χ0n) is 10.3. The molecule has 0 unspecified atom stereocenters. The quantitative estimate of drug-likeness (QED) is 0.693. The summed E-state index contributed by atoms with van der Waals surface area (Å²) in [4.78, 5) is 34.7. The van der Waals surface area contributed by atoms with Gasteiger partial charge in [-0.1, -0.05) is 0 Å². The van der Waals surface area contributed by atoms with Gasteiger partial charge in [-0.25, -0.2) is 9.59 Å². The molecule has 1 aromatic heterocycles. The van der Waals surface area contributed by atoms with Crippen LogP contribution in [0, 0.1) is 0 Å². The number of carboxylic acids is 1. The first kappa shape index (κ1) is 15.0. The SMILES string of the molecule is CN(Cc1ccsc1)C(=O)N[C@H](CC(N)=O)C(=O)O. The molecular formula is C11H15N3O4S. The van der Waals surface area contributed by atoms with Crippen LogP contribution in [0.15, 0.2) is 16.8 Å². The Bertz CT molecular complexity index is 461. The fraction of sp³-hybridized carbons (Fsp3) is 0.364. The molecule has 0 saturated heterocycles. The molecule has 1 rings (SSSR count). The number of amides is 3. The minimum atomic E-state index is -1.31. The number of hydrogen-bond donors (Lipinski definition) is 3. The normalized spacial score (nSPS) is 11.6. The maximum Gasteiger partial charge on any atom is 0.326 e. The molecule has 0 aliphatic carbocycles. The first-order valence-electron chi connectivity index (χ1n) is 5.44. The smallest absolute Gasteiger partial charge is 0.326 e. The largest absolute Gasteiger partial charge is 0.480 e. The van der Waals surface area contributed by atoms with E-state index in [9.17, 15) is 14.4 Å². The first-order chi connectivity index (χ1) is 8.90. The molecule has 0 fully saturated rings. The van der Waals surface area contributed by atoms with E-state index in [0.717, 1.165) is 5.56 Å². The molecule has 0 bridgehead atoms.